The van der Waals surface area contributed by atoms with Crippen LogP contribution in [0.5, 0.6) is 0 Å². The third-order valence-corrected chi connectivity index (χ3v) is 4.96. The Kier molecular flexibility index (Phi) is 4.56. The lowest BCUT2D eigenvalue weighted by Gasteiger charge is -2.02. The van der Waals surface area contributed by atoms with Gasteiger partial charge in [0.05, 0.1) is 17.0 Å². The largest absolute Gasteiger partial charge is 0.422 e. The molecule has 2 aromatic heterocycles. The van der Waals surface area contributed by atoms with Gasteiger partial charge in [-0.2, -0.15) is 5.10 Å². The number of thiazole rings is 1. The van der Waals surface area contributed by atoms with Crippen molar-refractivity contribution in [1.29, 1.82) is 0 Å². The van der Waals surface area contributed by atoms with Crippen molar-refractivity contribution in [2.75, 3.05) is 5.43 Å². The van der Waals surface area contributed by atoms with Gasteiger partial charge in [0, 0.05) is 10.8 Å². The van der Waals surface area contributed by atoms with Gasteiger partial charge in [-0.05, 0) is 31.5 Å². The number of nitrogens with zero attached hydrogens (tertiary/aromatic N) is 2. The van der Waals surface area contributed by atoms with Crippen LogP contribution in [0.4, 0.5) is 5.13 Å². The number of anilines is 1. The summed E-state index contributed by atoms with van der Waals surface area (Å²) in [6, 6.07) is 17.4. The molecule has 0 saturated heterocycles. The van der Waals surface area contributed by atoms with E-state index in [0.29, 0.717) is 22.0 Å². The maximum absolute atomic E-state index is 12.3. The summed E-state index contributed by atoms with van der Waals surface area (Å²) in [5.41, 5.74) is 7.26. The highest BCUT2D eigenvalue weighted by Gasteiger charge is 2.11. The predicted octanol–water partition coefficient (Wildman–Crippen LogP) is 5.06. The molecule has 4 aromatic rings. The van der Waals surface area contributed by atoms with Gasteiger partial charge in [0.1, 0.15) is 5.58 Å². The van der Waals surface area contributed by atoms with E-state index < -0.39 is 5.63 Å². The Morgan fingerprint density at radius 3 is 2.74 bits per heavy atom. The smallest absolute Gasteiger partial charge is 0.345 e. The Balaban J connectivity index is 1.58. The number of nitrogens with one attached hydrogen (secondary N) is 1. The van der Waals surface area contributed by atoms with Crippen LogP contribution in [-0.2, 0) is 0 Å². The molecule has 0 radical (unpaired) electrons. The molecule has 1 N–H and O–H groups in total. The molecule has 0 bridgehead atoms. The van der Waals surface area contributed by atoms with Crippen molar-refractivity contribution in [2.45, 2.75) is 13.8 Å². The van der Waals surface area contributed by atoms with Crippen molar-refractivity contribution in [3.8, 4) is 11.3 Å². The van der Waals surface area contributed by atoms with Crippen LogP contribution < -0.4 is 11.1 Å². The minimum Gasteiger partial charge on any atom is -0.422 e. The summed E-state index contributed by atoms with van der Waals surface area (Å²) in [7, 11) is 0. The first-order chi connectivity index (χ1) is 13.1. The van der Waals surface area contributed by atoms with E-state index in [9.17, 15) is 4.79 Å². The summed E-state index contributed by atoms with van der Waals surface area (Å²) >= 11 is 1.39. The zero-order chi connectivity index (χ0) is 18.8. The molecule has 134 valence electrons. The molecule has 0 aliphatic rings. The fraction of sp³-hybridized carbons (Fsp3) is 0.0952. The molecule has 5 nitrogen and oxygen atoms in total. The highest BCUT2D eigenvalue weighted by molar-refractivity contribution is 7.14. The molecular formula is C21H17N3O2S. The van der Waals surface area contributed by atoms with Gasteiger partial charge in [0.2, 0.25) is 5.13 Å². The predicted molar refractivity (Wildman–Crippen MR) is 111 cm³/mol. The second kappa shape index (κ2) is 7.17. The molecule has 2 aromatic carbocycles. The van der Waals surface area contributed by atoms with E-state index in [2.05, 4.69) is 34.6 Å². The minimum absolute atomic E-state index is 0.398. The van der Waals surface area contributed by atoms with Gasteiger partial charge in [0.15, 0.2) is 0 Å². The summed E-state index contributed by atoms with van der Waals surface area (Å²) in [6.45, 7) is 3.99. The van der Waals surface area contributed by atoms with E-state index in [-0.39, 0.29) is 0 Å². The van der Waals surface area contributed by atoms with Crippen LogP contribution in [0.25, 0.3) is 22.2 Å². The van der Waals surface area contributed by atoms with Crippen molar-refractivity contribution >= 4 is 33.1 Å². The summed E-state index contributed by atoms with van der Waals surface area (Å²) in [5.74, 6) is 0. The fourth-order valence-electron chi connectivity index (χ4n) is 2.68. The molecule has 0 aliphatic carbocycles. The second-order valence-electron chi connectivity index (χ2n) is 6.20. The molecule has 27 heavy (non-hydrogen) atoms. The Hall–Kier alpha value is -3.25. The van der Waals surface area contributed by atoms with Gasteiger partial charge in [-0.1, -0.05) is 48.0 Å². The summed E-state index contributed by atoms with van der Waals surface area (Å²) < 4.78 is 5.38. The standard InChI is InChI=1S/C21H17N3O2S/c1-13-7-9-15(10-8-13)14(2)23-24-21-22-18(12-27-21)17-11-16-5-3-4-6-19(16)26-20(17)25/h3-12H,1-2H3,(H,22,24)/b23-14+. The van der Waals surface area contributed by atoms with Crippen LogP contribution in [0.15, 0.2) is 74.3 Å². The Bertz CT molecular complexity index is 1190. The lowest BCUT2D eigenvalue weighted by molar-refractivity contribution is 0.563. The van der Waals surface area contributed by atoms with Crippen LogP contribution >= 0.6 is 11.3 Å². The lowest BCUT2D eigenvalue weighted by atomic mass is 10.1. The highest BCUT2D eigenvalue weighted by atomic mass is 32.1. The quantitative estimate of drug-likeness (QED) is 0.307. The number of aryl methyl sites for hydroxylation is 1. The third-order valence-electron chi connectivity index (χ3n) is 4.21. The van der Waals surface area contributed by atoms with Crippen molar-refractivity contribution in [1.82, 2.24) is 4.98 Å². The molecule has 0 spiro atoms. The van der Waals surface area contributed by atoms with E-state index in [1.54, 1.807) is 12.1 Å². The number of aromatic nitrogens is 1. The molecule has 0 amide bonds. The average Bonchev–Trinajstić information content (AvgIpc) is 3.15. The molecule has 6 heteroatoms. The molecule has 4 rings (SSSR count). The maximum atomic E-state index is 12.3. The number of hydrogen-bond donors (Lipinski definition) is 1. The van der Waals surface area contributed by atoms with Gasteiger partial charge in [-0.25, -0.2) is 9.78 Å². The first-order valence-electron chi connectivity index (χ1n) is 8.46. The van der Waals surface area contributed by atoms with Crippen LogP contribution in [0.1, 0.15) is 18.1 Å². The summed E-state index contributed by atoms with van der Waals surface area (Å²) in [6.07, 6.45) is 0. The Morgan fingerprint density at radius 1 is 1.15 bits per heavy atom. The Morgan fingerprint density at radius 2 is 1.93 bits per heavy atom. The van der Waals surface area contributed by atoms with E-state index in [1.165, 1.54) is 16.9 Å². The van der Waals surface area contributed by atoms with E-state index in [1.807, 2.05) is 42.6 Å². The molecule has 0 aliphatic heterocycles. The molecule has 0 unspecified atom stereocenters. The number of hydrogen-bond acceptors (Lipinski definition) is 6. The molecule has 0 saturated carbocycles. The third kappa shape index (κ3) is 3.66. The van der Waals surface area contributed by atoms with Gasteiger partial charge < -0.3 is 4.42 Å². The number of rotatable bonds is 4. The number of hydrazone groups is 1. The van der Waals surface area contributed by atoms with Crippen molar-refractivity contribution in [3.05, 3.63) is 81.5 Å². The van der Waals surface area contributed by atoms with Gasteiger partial charge >= 0.3 is 5.63 Å². The van der Waals surface area contributed by atoms with Crippen molar-refractivity contribution < 1.29 is 4.42 Å². The zero-order valence-electron chi connectivity index (χ0n) is 14.9. The average molecular weight is 375 g/mol. The van der Waals surface area contributed by atoms with Gasteiger partial charge in [-0.3, -0.25) is 5.43 Å². The molecule has 0 fully saturated rings. The molecule has 0 atom stereocenters. The summed E-state index contributed by atoms with van der Waals surface area (Å²) in [5, 5.41) is 7.68. The molecular weight excluding hydrogens is 358 g/mol. The number of fused-ring (bicyclic) bond motifs is 1. The number of benzene rings is 2. The minimum atomic E-state index is -0.398. The maximum Gasteiger partial charge on any atom is 0.345 e. The molecule has 2 heterocycles. The normalized spacial score (nSPS) is 11.7. The highest BCUT2D eigenvalue weighted by Crippen LogP contribution is 2.25. The monoisotopic (exact) mass is 375 g/mol. The van der Waals surface area contributed by atoms with E-state index in [4.69, 9.17) is 4.42 Å². The first-order valence-corrected chi connectivity index (χ1v) is 9.34. The lowest BCUT2D eigenvalue weighted by Crippen LogP contribution is -2.03. The van der Waals surface area contributed by atoms with Crippen LogP contribution in [0, 0.1) is 6.92 Å². The first kappa shape index (κ1) is 17.2. The Labute approximate surface area is 160 Å². The van der Waals surface area contributed by atoms with E-state index in [0.717, 1.165) is 16.7 Å². The topological polar surface area (TPSA) is 67.5 Å². The SMILES string of the molecule is C/C(=N\Nc1nc(-c2cc3ccccc3oc2=O)cs1)c1ccc(C)cc1. The van der Waals surface area contributed by atoms with Crippen molar-refractivity contribution in [3.63, 3.8) is 0 Å². The van der Waals surface area contributed by atoms with Crippen LogP contribution in [0.2, 0.25) is 0 Å². The van der Waals surface area contributed by atoms with Crippen LogP contribution in [-0.4, -0.2) is 10.7 Å². The van der Waals surface area contributed by atoms with Gasteiger partial charge in [-0.15, -0.1) is 11.3 Å². The zero-order valence-corrected chi connectivity index (χ0v) is 15.7. The van der Waals surface area contributed by atoms with Gasteiger partial charge in [0.25, 0.3) is 0 Å². The number of para-hydroxylation sites is 1. The summed E-state index contributed by atoms with van der Waals surface area (Å²) in [4.78, 5) is 16.7. The van der Waals surface area contributed by atoms with E-state index >= 15 is 0 Å². The van der Waals surface area contributed by atoms with Crippen LogP contribution in [0.3, 0.4) is 0 Å². The fourth-order valence-corrected chi connectivity index (χ4v) is 3.33. The van der Waals surface area contributed by atoms with Crippen molar-refractivity contribution in [2.24, 2.45) is 5.10 Å². The second-order valence-corrected chi connectivity index (χ2v) is 7.06.